The molecule has 1 heterocycles. The fourth-order valence-corrected chi connectivity index (χ4v) is 1.47. The molecule has 5 heteroatoms. The summed E-state index contributed by atoms with van der Waals surface area (Å²) in [6.07, 6.45) is 1.58. The van der Waals surface area contributed by atoms with Crippen molar-refractivity contribution >= 4 is 23.1 Å². The second kappa shape index (κ2) is 5.72. The predicted molar refractivity (Wildman–Crippen MR) is 71.9 cm³/mol. The zero-order chi connectivity index (χ0) is 13.0. The summed E-state index contributed by atoms with van der Waals surface area (Å²) in [6, 6.07) is 3.59. The van der Waals surface area contributed by atoms with E-state index in [1.165, 1.54) is 0 Å². The van der Waals surface area contributed by atoms with Crippen LogP contribution in [0.4, 0.5) is 0 Å². The average molecular weight is 251 g/mol. The monoisotopic (exact) mass is 251 g/mol. The minimum Gasteiger partial charge on any atom is -0.393 e. The molecular formula is C12H17N3OS. The van der Waals surface area contributed by atoms with Crippen LogP contribution in [0.3, 0.4) is 0 Å². The van der Waals surface area contributed by atoms with Crippen LogP contribution < -0.4 is 5.73 Å². The first-order valence-corrected chi connectivity index (χ1v) is 5.80. The molecule has 1 aromatic rings. The lowest BCUT2D eigenvalue weighted by molar-refractivity contribution is 0.0786. The van der Waals surface area contributed by atoms with Gasteiger partial charge in [0.2, 0.25) is 0 Å². The molecule has 0 radical (unpaired) electrons. The molecule has 0 aliphatic rings. The summed E-state index contributed by atoms with van der Waals surface area (Å²) in [5.41, 5.74) is 6.99. The minimum atomic E-state index is -0.0689. The molecule has 0 aromatic carbocycles. The van der Waals surface area contributed by atoms with Gasteiger partial charge < -0.3 is 10.6 Å². The molecular weight excluding hydrogens is 234 g/mol. The van der Waals surface area contributed by atoms with Gasteiger partial charge in [-0.25, -0.2) is 0 Å². The van der Waals surface area contributed by atoms with E-state index in [1.54, 1.807) is 24.2 Å². The van der Waals surface area contributed by atoms with Crippen LogP contribution in [-0.2, 0) is 0 Å². The van der Waals surface area contributed by atoms with E-state index in [-0.39, 0.29) is 11.8 Å². The topological polar surface area (TPSA) is 59.2 Å². The van der Waals surface area contributed by atoms with Gasteiger partial charge in [0, 0.05) is 31.4 Å². The number of nitrogens with two attached hydrogens (primary N) is 1. The number of hydrogen-bond donors (Lipinski definition) is 1. The van der Waals surface area contributed by atoms with Gasteiger partial charge in [0.25, 0.3) is 5.91 Å². The van der Waals surface area contributed by atoms with Crippen molar-refractivity contribution in [2.24, 2.45) is 11.7 Å². The fourth-order valence-electron chi connectivity index (χ4n) is 1.40. The fraction of sp³-hybridized carbons (Fsp3) is 0.417. The molecule has 92 valence electrons. The Kier molecular flexibility index (Phi) is 4.57. The predicted octanol–water partition coefficient (Wildman–Crippen LogP) is 1.38. The number of nitrogens with zero attached hydrogens (tertiary/aromatic N) is 2. The van der Waals surface area contributed by atoms with E-state index in [1.807, 2.05) is 19.9 Å². The molecule has 0 aliphatic heterocycles. The Morgan fingerprint density at radius 2 is 2.24 bits per heavy atom. The van der Waals surface area contributed by atoms with Gasteiger partial charge in [-0.1, -0.05) is 19.1 Å². The number of thiocarbonyl (C=S) groups is 1. The molecule has 1 rings (SSSR count). The standard InChI is InChI=1S/C12H17N3OS/c1-8(11(13)17)7-15(3)12(16)10-5-4-9(2)14-6-10/h4-6,8H,7H2,1-3H3,(H2,13,17). The second-order valence-electron chi connectivity index (χ2n) is 4.18. The van der Waals surface area contributed by atoms with E-state index >= 15 is 0 Å². The number of aromatic nitrogens is 1. The lowest BCUT2D eigenvalue weighted by Gasteiger charge is -2.20. The van der Waals surface area contributed by atoms with Crippen LogP contribution in [-0.4, -0.2) is 34.4 Å². The highest BCUT2D eigenvalue weighted by Crippen LogP contribution is 2.06. The second-order valence-corrected chi connectivity index (χ2v) is 4.65. The molecule has 0 saturated heterocycles. The van der Waals surface area contributed by atoms with Gasteiger partial charge in [-0.05, 0) is 19.1 Å². The third-order valence-electron chi connectivity index (χ3n) is 2.54. The van der Waals surface area contributed by atoms with Crippen molar-refractivity contribution in [1.82, 2.24) is 9.88 Å². The van der Waals surface area contributed by atoms with Crippen molar-refractivity contribution < 1.29 is 4.79 Å². The molecule has 0 saturated carbocycles. The van der Waals surface area contributed by atoms with Crippen LogP contribution in [0.2, 0.25) is 0 Å². The van der Waals surface area contributed by atoms with Crippen molar-refractivity contribution in [3.8, 4) is 0 Å². The van der Waals surface area contributed by atoms with Crippen LogP contribution in [0.5, 0.6) is 0 Å². The van der Waals surface area contributed by atoms with Crippen molar-refractivity contribution in [1.29, 1.82) is 0 Å². The number of pyridine rings is 1. The molecule has 0 bridgehead atoms. The molecule has 2 N–H and O–H groups in total. The highest BCUT2D eigenvalue weighted by Gasteiger charge is 2.15. The number of amides is 1. The molecule has 4 nitrogen and oxygen atoms in total. The third kappa shape index (κ3) is 3.78. The summed E-state index contributed by atoms with van der Waals surface area (Å²) in [7, 11) is 1.73. The average Bonchev–Trinajstić information content (AvgIpc) is 2.28. The summed E-state index contributed by atoms with van der Waals surface area (Å²) in [4.78, 5) is 18.1. The molecule has 1 unspecified atom stereocenters. The van der Waals surface area contributed by atoms with Crippen molar-refractivity contribution in [2.75, 3.05) is 13.6 Å². The van der Waals surface area contributed by atoms with Gasteiger partial charge >= 0.3 is 0 Å². The van der Waals surface area contributed by atoms with Crippen LogP contribution in [0.15, 0.2) is 18.3 Å². The summed E-state index contributed by atoms with van der Waals surface area (Å²) in [5.74, 6) is -0.0574. The van der Waals surface area contributed by atoms with Gasteiger partial charge in [-0.2, -0.15) is 0 Å². The Morgan fingerprint density at radius 3 is 2.71 bits per heavy atom. The Morgan fingerprint density at radius 1 is 1.59 bits per heavy atom. The molecule has 1 aromatic heterocycles. The van der Waals surface area contributed by atoms with E-state index in [0.29, 0.717) is 17.1 Å². The lowest BCUT2D eigenvalue weighted by Crippen LogP contribution is -2.35. The SMILES string of the molecule is Cc1ccc(C(=O)N(C)CC(C)C(N)=S)cn1. The van der Waals surface area contributed by atoms with E-state index in [2.05, 4.69) is 4.98 Å². The zero-order valence-corrected chi connectivity index (χ0v) is 11.1. The van der Waals surface area contributed by atoms with Gasteiger partial charge in [-0.3, -0.25) is 9.78 Å². The van der Waals surface area contributed by atoms with Gasteiger partial charge in [0.05, 0.1) is 10.6 Å². The Labute approximate surface area is 107 Å². The first-order chi connectivity index (χ1) is 7.91. The van der Waals surface area contributed by atoms with Crippen LogP contribution in [0.1, 0.15) is 23.0 Å². The van der Waals surface area contributed by atoms with E-state index in [9.17, 15) is 4.79 Å². The Bertz CT molecular complexity index is 416. The van der Waals surface area contributed by atoms with Crippen LogP contribution in [0.25, 0.3) is 0 Å². The first kappa shape index (κ1) is 13.6. The molecule has 17 heavy (non-hydrogen) atoms. The quantitative estimate of drug-likeness (QED) is 0.821. The maximum Gasteiger partial charge on any atom is 0.255 e. The summed E-state index contributed by atoms with van der Waals surface area (Å²) in [6.45, 7) is 4.30. The Hall–Kier alpha value is -1.49. The number of hydrogen-bond acceptors (Lipinski definition) is 3. The van der Waals surface area contributed by atoms with E-state index in [4.69, 9.17) is 18.0 Å². The summed E-state index contributed by atoms with van der Waals surface area (Å²) < 4.78 is 0. The minimum absolute atomic E-state index is 0.0114. The zero-order valence-electron chi connectivity index (χ0n) is 10.3. The van der Waals surface area contributed by atoms with E-state index < -0.39 is 0 Å². The summed E-state index contributed by atoms with van der Waals surface area (Å²) >= 11 is 4.88. The van der Waals surface area contributed by atoms with Crippen molar-refractivity contribution in [3.63, 3.8) is 0 Å². The van der Waals surface area contributed by atoms with Crippen LogP contribution in [0, 0.1) is 12.8 Å². The molecule has 0 fully saturated rings. The number of aryl methyl sites for hydroxylation is 1. The van der Waals surface area contributed by atoms with Crippen molar-refractivity contribution in [2.45, 2.75) is 13.8 Å². The first-order valence-electron chi connectivity index (χ1n) is 5.39. The maximum atomic E-state index is 12.0. The van der Waals surface area contributed by atoms with Gasteiger partial charge in [0.1, 0.15) is 0 Å². The normalized spacial score (nSPS) is 11.9. The number of carbonyl (C=O) groups is 1. The maximum absolute atomic E-state index is 12.0. The van der Waals surface area contributed by atoms with Crippen LogP contribution >= 0.6 is 12.2 Å². The molecule has 0 aliphatic carbocycles. The smallest absolute Gasteiger partial charge is 0.255 e. The highest BCUT2D eigenvalue weighted by atomic mass is 32.1. The van der Waals surface area contributed by atoms with E-state index in [0.717, 1.165) is 5.69 Å². The molecule has 1 amide bonds. The lowest BCUT2D eigenvalue weighted by atomic mass is 10.1. The van der Waals surface area contributed by atoms with Crippen molar-refractivity contribution in [3.05, 3.63) is 29.6 Å². The highest BCUT2D eigenvalue weighted by molar-refractivity contribution is 7.80. The number of rotatable bonds is 4. The number of carbonyl (C=O) groups excluding carboxylic acids is 1. The third-order valence-corrected chi connectivity index (χ3v) is 2.94. The van der Waals surface area contributed by atoms with Gasteiger partial charge in [0.15, 0.2) is 0 Å². The van der Waals surface area contributed by atoms with Gasteiger partial charge in [-0.15, -0.1) is 0 Å². The summed E-state index contributed by atoms with van der Waals surface area (Å²) in [5, 5.41) is 0. The largest absolute Gasteiger partial charge is 0.393 e. The Balaban J connectivity index is 2.70. The molecule has 0 spiro atoms. The molecule has 1 atom stereocenters.